The van der Waals surface area contributed by atoms with Crippen LogP contribution in [0.25, 0.3) is 11.6 Å². The first-order chi connectivity index (χ1) is 12.3. The van der Waals surface area contributed by atoms with Crippen LogP contribution in [0, 0.1) is 22.7 Å². The highest BCUT2D eigenvalue weighted by Gasteiger charge is 2.26. The fourth-order valence-electron chi connectivity index (χ4n) is 3.27. The lowest BCUT2D eigenvalue weighted by atomic mass is 9.84. The number of fused-ring (bicyclic) bond motifs is 1. The maximum Gasteiger partial charge on any atom is 0.245 e. The highest BCUT2D eigenvalue weighted by Crippen LogP contribution is 2.35. The first-order valence-corrected chi connectivity index (χ1v) is 8.12. The van der Waals surface area contributed by atoms with Gasteiger partial charge in [-0.05, 0) is 54.7 Å². The van der Waals surface area contributed by atoms with Crippen molar-refractivity contribution in [3.8, 4) is 23.7 Å². The topological polar surface area (TPSA) is 86.5 Å². The van der Waals surface area contributed by atoms with E-state index in [0.29, 0.717) is 17.0 Å². The summed E-state index contributed by atoms with van der Waals surface area (Å²) in [5, 5.41) is 18.3. The van der Waals surface area contributed by atoms with E-state index in [-0.39, 0.29) is 5.92 Å². The summed E-state index contributed by atoms with van der Waals surface area (Å²) in [4.78, 5) is 8.87. The molecule has 1 unspecified atom stereocenters. The molecule has 0 radical (unpaired) electrons. The molecule has 0 spiro atoms. The Labute approximate surface area is 145 Å². The van der Waals surface area contributed by atoms with Crippen molar-refractivity contribution in [2.75, 3.05) is 0 Å². The van der Waals surface area contributed by atoms with Crippen molar-refractivity contribution < 1.29 is 4.42 Å². The molecule has 1 aromatic carbocycles. The zero-order chi connectivity index (χ0) is 17.2. The fourth-order valence-corrected chi connectivity index (χ4v) is 3.27. The number of hydrogen-bond acceptors (Lipinski definition) is 5. The zero-order valence-electron chi connectivity index (χ0n) is 13.4. The van der Waals surface area contributed by atoms with Crippen LogP contribution in [0.3, 0.4) is 0 Å². The van der Waals surface area contributed by atoms with E-state index >= 15 is 0 Å². The van der Waals surface area contributed by atoms with Crippen LogP contribution < -0.4 is 0 Å². The second-order valence-electron chi connectivity index (χ2n) is 6.11. The van der Waals surface area contributed by atoms with Crippen molar-refractivity contribution in [2.45, 2.75) is 25.2 Å². The van der Waals surface area contributed by atoms with Crippen LogP contribution in [0.1, 0.15) is 40.5 Å². The van der Waals surface area contributed by atoms with Gasteiger partial charge in [-0.2, -0.15) is 10.5 Å². The number of oxazole rings is 1. The minimum absolute atomic E-state index is 0.220. The first kappa shape index (κ1) is 15.1. The molecule has 0 aliphatic heterocycles. The third-order valence-electron chi connectivity index (χ3n) is 4.51. The molecule has 5 heteroatoms. The van der Waals surface area contributed by atoms with Crippen molar-refractivity contribution >= 4 is 0 Å². The average molecular weight is 326 g/mol. The van der Waals surface area contributed by atoms with E-state index < -0.39 is 0 Å². The molecular formula is C20H14N4O. The van der Waals surface area contributed by atoms with Crippen LogP contribution in [-0.2, 0) is 12.8 Å². The van der Waals surface area contributed by atoms with Gasteiger partial charge in [-0.3, -0.25) is 4.98 Å². The minimum Gasteiger partial charge on any atom is -0.440 e. The highest BCUT2D eigenvalue weighted by atomic mass is 16.4. The van der Waals surface area contributed by atoms with Crippen LogP contribution in [0.15, 0.2) is 47.0 Å². The summed E-state index contributed by atoms with van der Waals surface area (Å²) in [7, 11) is 0. The monoisotopic (exact) mass is 326 g/mol. The second kappa shape index (κ2) is 6.22. The molecule has 2 heterocycles. The van der Waals surface area contributed by atoms with Gasteiger partial charge in [-0.25, -0.2) is 4.98 Å². The van der Waals surface area contributed by atoms with Gasteiger partial charge in [0.25, 0.3) is 0 Å². The van der Waals surface area contributed by atoms with Crippen LogP contribution >= 0.6 is 0 Å². The third-order valence-corrected chi connectivity index (χ3v) is 4.51. The molecule has 1 aliphatic rings. The second-order valence-corrected chi connectivity index (χ2v) is 6.11. The number of aromatic nitrogens is 2. The predicted octanol–water partition coefficient (Wildman–Crippen LogP) is 3.75. The van der Waals surface area contributed by atoms with E-state index in [1.165, 1.54) is 0 Å². The van der Waals surface area contributed by atoms with Gasteiger partial charge in [0.15, 0.2) is 0 Å². The van der Waals surface area contributed by atoms with Crippen LogP contribution in [0.5, 0.6) is 0 Å². The molecule has 2 aromatic heterocycles. The lowest BCUT2D eigenvalue weighted by molar-refractivity contribution is 0.457. The maximum atomic E-state index is 9.17. The standard InChI is InChI=1S/C20H14N4O/c21-11-13-7-14(12-22)9-16(8-13)15-4-5-17-19(10-15)25-20(24-17)18-3-1-2-6-23-18/h1-3,6-9,15H,4-5,10H2. The van der Waals surface area contributed by atoms with Gasteiger partial charge >= 0.3 is 0 Å². The number of nitriles is 2. The number of aryl methyl sites for hydroxylation is 1. The molecule has 120 valence electrons. The van der Waals surface area contributed by atoms with E-state index in [0.717, 1.165) is 42.0 Å². The Kier molecular flexibility index (Phi) is 3.76. The van der Waals surface area contributed by atoms with Crippen molar-refractivity contribution in [2.24, 2.45) is 0 Å². The first-order valence-electron chi connectivity index (χ1n) is 8.12. The number of hydrogen-bond donors (Lipinski definition) is 0. The molecular weight excluding hydrogens is 312 g/mol. The number of benzene rings is 1. The van der Waals surface area contributed by atoms with E-state index in [1.54, 1.807) is 12.3 Å². The van der Waals surface area contributed by atoms with E-state index in [2.05, 4.69) is 22.1 Å². The Hall–Kier alpha value is -3.44. The molecule has 3 aromatic rings. The Morgan fingerprint density at radius 3 is 2.56 bits per heavy atom. The summed E-state index contributed by atoms with van der Waals surface area (Å²) in [6.45, 7) is 0. The van der Waals surface area contributed by atoms with Gasteiger partial charge in [0.2, 0.25) is 5.89 Å². The molecule has 0 amide bonds. The Bertz CT molecular complexity index is 976. The summed E-state index contributed by atoms with van der Waals surface area (Å²) >= 11 is 0. The average Bonchev–Trinajstić information content (AvgIpc) is 3.11. The lowest BCUT2D eigenvalue weighted by Crippen LogP contribution is -2.12. The molecule has 0 saturated heterocycles. The molecule has 0 saturated carbocycles. The normalized spacial score (nSPS) is 15.8. The zero-order valence-corrected chi connectivity index (χ0v) is 13.4. The molecule has 4 rings (SSSR count). The summed E-state index contributed by atoms with van der Waals surface area (Å²) in [5.74, 6) is 1.64. The van der Waals surface area contributed by atoms with Crippen molar-refractivity contribution in [1.82, 2.24) is 9.97 Å². The molecule has 25 heavy (non-hydrogen) atoms. The summed E-state index contributed by atoms with van der Waals surface area (Å²) < 4.78 is 5.95. The largest absolute Gasteiger partial charge is 0.440 e. The Balaban J connectivity index is 1.65. The summed E-state index contributed by atoms with van der Waals surface area (Å²) in [5.41, 5.74) is 3.76. The lowest BCUT2D eigenvalue weighted by Gasteiger charge is -2.21. The molecule has 1 aliphatic carbocycles. The molecule has 0 N–H and O–H groups in total. The fraction of sp³-hybridized carbons (Fsp3) is 0.200. The van der Waals surface area contributed by atoms with Gasteiger partial charge in [0.1, 0.15) is 11.5 Å². The van der Waals surface area contributed by atoms with Gasteiger partial charge in [-0.15, -0.1) is 0 Å². The molecule has 5 nitrogen and oxygen atoms in total. The van der Waals surface area contributed by atoms with E-state index in [1.807, 2.05) is 30.3 Å². The van der Waals surface area contributed by atoms with E-state index in [4.69, 9.17) is 4.42 Å². The van der Waals surface area contributed by atoms with Gasteiger partial charge in [0, 0.05) is 12.6 Å². The number of nitrogens with zero attached hydrogens (tertiary/aromatic N) is 4. The number of pyridine rings is 1. The predicted molar refractivity (Wildman–Crippen MR) is 90.4 cm³/mol. The highest BCUT2D eigenvalue weighted by molar-refractivity contribution is 5.48. The van der Waals surface area contributed by atoms with Crippen LogP contribution in [0.2, 0.25) is 0 Å². The Morgan fingerprint density at radius 2 is 1.88 bits per heavy atom. The third kappa shape index (κ3) is 2.88. The molecule has 1 atom stereocenters. The number of rotatable bonds is 2. The van der Waals surface area contributed by atoms with Crippen molar-refractivity contribution in [3.63, 3.8) is 0 Å². The Morgan fingerprint density at radius 1 is 1.08 bits per heavy atom. The quantitative estimate of drug-likeness (QED) is 0.715. The van der Waals surface area contributed by atoms with Crippen molar-refractivity contribution in [1.29, 1.82) is 10.5 Å². The maximum absolute atomic E-state index is 9.17. The van der Waals surface area contributed by atoms with Gasteiger partial charge < -0.3 is 4.42 Å². The van der Waals surface area contributed by atoms with Gasteiger partial charge in [-0.1, -0.05) is 6.07 Å². The summed E-state index contributed by atoms with van der Waals surface area (Å²) in [6, 6.07) is 15.3. The van der Waals surface area contributed by atoms with Crippen LogP contribution in [-0.4, -0.2) is 9.97 Å². The van der Waals surface area contributed by atoms with Crippen LogP contribution in [0.4, 0.5) is 0 Å². The van der Waals surface area contributed by atoms with Crippen molar-refractivity contribution in [3.05, 3.63) is 70.7 Å². The SMILES string of the molecule is N#Cc1cc(C#N)cc(C2CCc3nc(-c4ccccn4)oc3C2)c1. The van der Waals surface area contributed by atoms with Gasteiger partial charge in [0.05, 0.1) is 29.0 Å². The molecule has 0 bridgehead atoms. The smallest absolute Gasteiger partial charge is 0.245 e. The van der Waals surface area contributed by atoms with E-state index in [9.17, 15) is 10.5 Å². The minimum atomic E-state index is 0.220. The molecule has 0 fully saturated rings. The summed E-state index contributed by atoms with van der Waals surface area (Å²) in [6.07, 6.45) is 4.17.